The summed E-state index contributed by atoms with van der Waals surface area (Å²) in [6.07, 6.45) is 8.41. The molecule has 2 N–H and O–H groups in total. The van der Waals surface area contributed by atoms with E-state index in [4.69, 9.17) is 9.47 Å². The molecule has 4 heteroatoms. The molecule has 0 aliphatic heterocycles. The Labute approximate surface area is 143 Å². The first-order valence-electron chi connectivity index (χ1n) is 8.02. The highest BCUT2D eigenvalue weighted by atomic mass is 16.5. The van der Waals surface area contributed by atoms with E-state index in [-0.39, 0.29) is 11.5 Å². The summed E-state index contributed by atoms with van der Waals surface area (Å²) in [7, 11) is 3.10. The molecule has 0 radical (unpaired) electrons. The Bertz CT molecular complexity index is 698. The molecule has 0 saturated heterocycles. The van der Waals surface area contributed by atoms with Gasteiger partial charge in [0.05, 0.1) is 14.2 Å². The molecule has 0 spiro atoms. The molecule has 1 aromatic rings. The van der Waals surface area contributed by atoms with E-state index in [2.05, 4.69) is 19.9 Å². The normalized spacial score (nSPS) is 18.2. The van der Waals surface area contributed by atoms with Gasteiger partial charge in [0.1, 0.15) is 0 Å². The number of carbonyl (C=O) groups excluding carboxylic acids is 1. The topological polar surface area (TPSA) is 60.1 Å². The Kier molecular flexibility index (Phi) is 5.85. The minimum atomic E-state index is 0.145. The second-order valence-corrected chi connectivity index (χ2v) is 6.14. The predicted octanol–water partition coefficient (Wildman–Crippen LogP) is 3.79. The number of methoxy groups -OCH3 is 2. The zero-order valence-electron chi connectivity index (χ0n) is 14.6. The Morgan fingerprint density at radius 3 is 2.58 bits per heavy atom. The van der Waals surface area contributed by atoms with Crippen molar-refractivity contribution in [1.82, 2.24) is 0 Å². The third-order valence-electron chi connectivity index (χ3n) is 4.36. The molecule has 1 aromatic carbocycles. The minimum absolute atomic E-state index is 0.145. The number of aromatic hydroxyl groups is 1. The van der Waals surface area contributed by atoms with Crippen LogP contribution in [0.3, 0.4) is 0 Å². The van der Waals surface area contributed by atoms with Crippen LogP contribution in [0.4, 0.5) is 0 Å². The highest BCUT2D eigenvalue weighted by molar-refractivity contribution is 6.05. The number of allylic oxidation sites excluding steroid dienone is 5. The number of ether oxygens (including phenoxy) is 2. The standard InChI is InChI=1S/C20H24O4/c1-13(9-15-5-7-17(21)19(11-15)23-3)14(2)10-16-6-8-18(22)20(12-16)24-4/h5-9,11-14,22H,10H2,1-4H3/p+1/b15-9-/t13-,14+/m0/s1. The summed E-state index contributed by atoms with van der Waals surface area (Å²) in [5.74, 6) is 2.01. The van der Waals surface area contributed by atoms with Crippen LogP contribution in [0.5, 0.6) is 11.5 Å². The van der Waals surface area contributed by atoms with Crippen molar-refractivity contribution in [2.45, 2.75) is 20.3 Å². The molecule has 2 atom stereocenters. The fraction of sp³-hybridized carbons (Fsp3) is 0.350. The summed E-state index contributed by atoms with van der Waals surface area (Å²) in [4.78, 5) is 9.67. The lowest BCUT2D eigenvalue weighted by Gasteiger charge is -2.18. The van der Waals surface area contributed by atoms with Gasteiger partial charge in [-0.15, -0.1) is 0 Å². The second-order valence-electron chi connectivity index (χ2n) is 6.14. The maximum atomic E-state index is 9.68. The van der Waals surface area contributed by atoms with Crippen molar-refractivity contribution in [3.05, 3.63) is 59.4 Å². The number of rotatable bonds is 6. The lowest BCUT2D eigenvalue weighted by Crippen LogP contribution is -2.11. The van der Waals surface area contributed by atoms with Gasteiger partial charge < -0.3 is 14.6 Å². The maximum Gasteiger partial charge on any atom is 0.381 e. The van der Waals surface area contributed by atoms with Crippen LogP contribution in [0, 0.1) is 11.8 Å². The van der Waals surface area contributed by atoms with Crippen LogP contribution in [0.15, 0.2) is 53.8 Å². The van der Waals surface area contributed by atoms with Gasteiger partial charge in [-0.1, -0.05) is 26.0 Å². The molecule has 0 aromatic heterocycles. The average molecular weight is 329 g/mol. The van der Waals surface area contributed by atoms with E-state index in [1.807, 2.05) is 24.3 Å². The molecule has 0 heterocycles. The van der Waals surface area contributed by atoms with Gasteiger partial charge in [-0.2, -0.15) is 0 Å². The average Bonchev–Trinajstić information content (AvgIpc) is 2.58. The minimum Gasteiger partial charge on any atom is -0.504 e. The van der Waals surface area contributed by atoms with Gasteiger partial charge in [-0.25, -0.2) is 0 Å². The number of phenols is 1. The van der Waals surface area contributed by atoms with Crippen LogP contribution in [0.1, 0.15) is 19.4 Å². The Morgan fingerprint density at radius 2 is 1.92 bits per heavy atom. The zero-order chi connectivity index (χ0) is 17.7. The molecule has 4 nitrogen and oxygen atoms in total. The van der Waals surface area contributed by atoms with E-state index < -0.39 is 0 Å². The molecule has 24 heavy (non-hydrogen) atoms. The fourth-order valence-electron chi connectivity index (χ4n) is 2.67. The van der Waals surface area contributed by atoms with Crippen LogP contribution in [-0.2, 0) is 11.2 Å². The lowest BCUT2D eigenvalue weighted by atomic mass is 9.87. The first-order valence-corrected chi connectivity index (χ1v) is 8.02. The molecular weight excluding hydrogens is 304 g/mol. The quantitative estimate of drug-likeness (QED) is 0.808. The van der Waals surface area contributed by atoms with Crippen molar-refractivity contribution < 1.29 is 19.4 Å². The van der Waals surface area contributed by atoms with Crippen LogP contribution >= 0.6 is 0 Å². The summed E-state index contributed by atoms with van der Waals surface area (Å²) in [6.45, 7) is 4.36. The van der Waals surface area contributed by atoms with Gasteiger partial charge in [0.15, 0.2) is 11.5 Å². The molecule has 1 aliphatic rings. The third kappa shape index (κ3) is 4.28. The summed E-state index contributed by atoms with van der Waals surface area (Å²) < 4.78 is 10.3. The summed E-state index contributed by atoms with van der Waals surface area (Å²) >= 11 is 0. The van der Waals surface area contributed by atoms with Crippen molar-refractivity contribution >= 4 is 5.78 Å². The molecule has 0 unspecified atom stereocenters. The Morgan fingerprint density at radius 1 is 1.17 bits per heavy atom. The molecule has 128 valence electrons. The van der Waals surface area contributed by atoms with Crippen LogP contribution in [-0.4, -0.2) is 29.9 Å². The maximum absolute atomic E-state index is 9.68. The SMILES string of the molecule is COC1=C/C(=C\[C@H](C)[C@H](C)Cc2ccc(O)c(OC)c2)C=CC1=[OH+]. The number of ketones is 1. The van der Waals surface area contributed by atoms with Crippen LogP contribution in [0.2, 0.25) is 0 Å². The monoisotopic (exact) mass is 329 g/mol. The van der Waals surface area contributed by atoms with Gasteiger partial charge in [-0.05, 0) is 53.7 Å². The zero-order valence-corrected chi connectivity index (χ0v) is 14.6. The predicted molar refractivity (Wildman–Crippen MR) is 95.9 cm³/mol. The number of phenolic OH excluding ortho intramolecular Hbond substituents is 1. The highest BCUT2D eigenvalue weighted by Crippen LogP contribution is 2.29. The van der Waals surface area contributed by atoms with Gasteiger partial charge in [-0.3, -0.25) is 4.79 Å². The van der Waals surface area contributed by atoms with Crippen molar-refractivity contribution in [1.29, 1.82) is 0 Å². The highest BCUT2D eigenvalue weighted by Gasteiger charge is 2.19. The third-order valence-corrected chi connectivity index (χ3v) is 4.36. The van der Waals surface area contributed by atoms with E-state index >= 15 is 0 Å². The van der Waals surface area contributed by atoms with E-state index in [0.29, 0.717) is 23.3 Å². The van der Waals surface area contributed by atoms with Crippen molar-refractivity contribution in [3.63, 3.8) is 0 Å². The van der Waals surface area contributed by atoms with Gasteiger partial charge in [0, 0.05) is 6.08 Å². The van der Waals surface area contributed by atoms with Crippen molar-refractivity contribution in [3.8, 4) is 11.5 Å². The van der Waals surface area contributed by atoms with Gasteiger partial charge in [0.2, 0.25) is 5.76 Å². The number of hydrogen-bond acceptors (Lipinski definition) is 3. The van der Waals surface area contributed by atoms with E-state index in [1.165, 1.54) is 0 Å². The molecule has 0 saturated carbocycles. The largest absolute Gasteiger partial charge is 0.504 e. The second kappa shape index (κ2) is 7.86. The first-order chi connectivity index (χ1) is 11.4. The van der Waals surface area contributed by atoms with Crippen LogP contribution in [0.25, 0.3) is 0 Å². The fourth-order valence-corrected chi connectivity index (χ4v) is 2.67. The smallest absolute Gasteiger partial charge is 0.381 e. The summed E-state index contributed by atoms with van der Waals surface area (Å²) in [5.41, 5.74) is 2.15. The van der Waals surface area contributed by atoms with Crippen molar-refractivity contribution in [2.75, 3.05) is 14.2 Å². The summed E-state index contributed by atoms with van der Waals surface area (Å²) in [6, 6.07) is 5.47. The molecule has 0 fully saturated rings. The molecular formula is C20H25O4+. The molecule has 0 amide bonds. The van der Waals surface area contributed by atoms with Gasteiger partial charge in [0.25, 0.3) is 0 Å². The molecule has 0 bridgehead atoms. The van der Waals surface area contributed by atoms with Crippen LogP contribution < -0.4 is 4.74 Å². The lowest BCUT2D eigenvalue weighted by molar-refractivity contribution is 0.310. The first kappa shape index (κ1) is 17.9. The van der Waals surface area contributed by atoms with Gasteiger partial charge >= 0.3 is 5.78 Å². The Balaban J connectivity index is 2.08. The number of benzene rings is 1. The Hall–Kier alpha value is -2.49. The molecule has 2 rings (SSSR count). The van der Waals surface area contributed by atoms with E-state index in [1.54, 1.807) is 26.4 Å². The van der Waals surface area contributed by atoms with E-state index in [9.17, 15) is 9.90 Å². The van der Waals surface area contributed by atoms with E-state index in [0.717, 1.165) is 17.6 Å². The van der Waals surface area contributed by atoms with Crippen molar-refractivity contribution in [2.24, 2.45) is 11.8 Å². The number of hydrogen-bond donors (Lipinski definition) is 1. The molecule has 1 aliphatic carbocycles. The summed E-state index contributed by atoms with van der Waals surface area (Å²) in [5, 5.41) is 9.68.